The maximum atomic E-state index is 12.6. The number of halogens is 1. The van der Waals surface area contributed by atoms with Gasteiger partial charge in [-0.15, -0.1) is 0 Å². The van der Waals surface area contributed by atoms with Gasteiger partial charge in [-0.1, -0.05) is 29.8 Å². The van der Waals surface area contributed by atoms with Crippen LogP contribution in [0, 0.1) is 6.92 Å². The van der Waals surface area contributed by atoms with Gasteiger partial charge in [0.25, 0.3) is 0 Å². The first-order valence-corrected chi connectivity index (χ1v) is 8.40. The molecular weight excluding hydrogens is 342 g/mol. The van der Waals surface area contributed by atoms with Crippen LogP contribution >= 0.6 is 11.6 Å². The Balaban J connectivity index is 2.74. The Bertz CT molecular complexity index is 780. The van der Waals surface area contributed by atoms with Crippen molar-refractivity contribution in [3.8, 4) is 0 Å². The standard InChI is InChI=1S/C19H22ClNO4/c1-6-25-19(23)15-12(4)21-11(3)14(18(22)24-5)16(15)13-9-7-8-10(2)17(13)20/h7-9,16,21H,6H2,1-5H3. The van der Waals surface area contributed by atoms with Gasteiger partial charge in [-0.05, 0) is 38.8 Å². The van der Waals surface area contributed by atoms with Crippen molar-refractivity contribution in [3.05, 3.63) is 56.9 Å². The van der Waals surface area contributed by atoms with Gasteiger partial charge in [0.2, 0.25) is 0 Å². The fraction of sp³-hybridized carbons (Fsp3) is 0.368. The van der Waals surface area contributed by atoms with Gasteiger partial charge in [0.15, 0.2) is 0 Å². The zero-order valence-corrected chi connectivity index (χ0v) is 15.8. The largest absolute Gasteiger partial charge is 0.466 e. The zero-order chi connectivity index (χ0) is 18.7. The summed E-state index contributed by atoms with van der Waals surface area (Å²) in [4.78, 5) is 25.1. The molecule has 0 aromatic heterocycles. The van der Waals surface area contributed by atoms with Crippen LogP contribution in [0.2, 0.25) is 5.02 Å². The van der Waals surface area contributed by atoms with Crippen LogP contribution in [0.25, 0.3) is 0 Å². The number of aryl methyl sites for hydroxylation is 1. The molecule has 0 fully saturated rings. The summed E-state index contributed by atoms with van der Waals surface area (Å²) in [5, 5.41) is 3.59. The van der Waals surface area contributed by atoms with Crippen LogP contribution in [0.4, 0.5) is 0 Å². The van der Waals surface area contributed by atoms with Crippen LogP contribution in [0.15, 0.2) is 40.7 Å². The molecule has 1 aliphatic heterocycles. The van der Waals surface area contributed by atoms with E-state index in [0.29, 0.717) is 33.1 Å². The molecule has 0 spiro atoms. The maximum Gasteiger partial charge on any atom is 0.336 e. The molecule has 1 unspecified atom stereocenters. The van der Waals surface area contributed by atoms with Crippen LogP contribution < -0.4 is 5.32 Å². The minimum atomic E-state index is -0.653. The minimum absolute atomic E-state index is 0.236. The van der Waals surface area contributed by atoms with E-state index in [1.54, 1.807) is 20.8 Å². The lowest BCUT2D eigenvalue weighted by molar-refractivity contribution is -0.139. The first-order chi connectivity index (χ1) is 11.8. The summed E-state index contributed by atoms with van der Waals surface area (Å²) < 4.78 is 10.2. The van der Waals surface area contributed by atoms with Crippen LogP contribution in [0.3, 0.4) is 0 Å². The first-order valence-electron chi connectivity index (χ1n) is 8.02. The molecule has 0 saturated carbocycles. The molecule has 25 heavy (non-hydrogen) atoms. The number of nitrogens with one attached hydrogen (secondary N) is 1. The second kappa shape index (κ2) is 7.74. The molecule has 1 aliphatic rings. The zero-order valence-electron chi connectivity index (χ0n) is 15.0. The molecule has 1 heterocycles. The highest BCUT2D eigenvalue weighted by molar-refractivity contribution is 6.32. The van der Waals surface area contributed by atoms with E-state index in [2.05, 4.69) is 5.32 Å². The lowest BCUT2D eigenvalue weighted by atomic mass is 9.80. The molecule has 0 bridgehead atoms. The Morgan fingerprint density at radius 2 is 1.72 bits per heavy atom. The van der Waals surface area contributed by atoms with Crippen molar-refractivity contribution in [2.75, 3.05) is 13.7 Å². The van der Waals surface area contributed by atoms with Crippen LogP contribution in [0.1, 0.15) is 37.8 Å². The molecule has 1 aromatic carbocycles. The molecule has 134 valence electrons. The SMILES string of the molecule is CCOC(=O)C1=C(C)NC(C)=C(C(=O)OC)C1c1cccc(C)c1Cl. The third-order valence-corrected chi connectivity index (χ3v) is 4.71. The van der Waals surface area contributed by atoms with E-state index in [-0.39, 0.29) is 6.61 Å². The Morgan fingerprint density at radius 3 is 2.28 bits per heavy atom. The number of hydrogen-bond acceptors (Lipinski definition) is 5. The Kier molecular flexibility index (Phi) is 5.90. The number of esters is 2. The number of hydrogen-bond donors (Lipinski definition) is 1. The van der Waals surface area contributed by atoms with Gasteiger partial charge in [-0.2, -0.15) is 0 Å². The van der Waals surface area contributed by atoms with Gasteiger partial charge in [0.1, 0.15) is 0 Å². The van der Waals surface area contributed by atoms with Gasteiger partial charge < -0.3 is 14.8 Å². The number of carbonyl (C=O) groups excluding carboxylic acids is 2. The molecule has 6 heteroatoms. The molecule has 2 rings (SSSR count). The predicted octanol–water partition coefficient (Wildman–Crippen LogP) is 3.62. The van der Waals surface area contributed by atoms with Crippen molar-refractivity contribution in [1.29, 1.82) is 0 Å². The number of methoxy groups -OCH3 is 1. The van der Waals surface area contributed by atoms with Crippen LogP contribution in [-0.4, -0.2) is 25.7 Å². The second-order valence-corrected chi connectivity index (χ2v) is 6.20. The summed E-state index contributed by atoms with van der Waals surface area (Å²) in [7, 11) is 1.31. The van der Waals surface area contributed by atoms with Crippen molar-refractivity contribution in [3.63, 3.8) is 0 Å². The average molecular weight is 364 g/mol. The van der Waals surface area contributed by atoms with Gasteiger partial charge in [-0.3, -0.25) is 0 Å². The van der Waals surface area contributed by atoms with Gasteiger partial charge in [-0.25, -0.2) is 9.59 Å². The van der Waals surface area contributed by atoms with Crippen molar-refractivity contribution in [2.24, 2.45) is 0 Å². The monoisotopic (exact) mass is 363 g/mol. The molecule has 0 aliphatic carbocycles. The molecule has 1 atom stereocenters. The molecular formula is C19H22ClNO4. The van der Waals surface area contributed by atoms with E-state index in [0.717, 1.165) is 5.56 Å². The Morgan fingerprint density at radius 1 is 1.12 bits per heavy atom. The van der Waals surface area contributed by atoms with Crippen molar-refractivity contribution in [1.82, 2.24) is 5.32 Å². The predicted molar refractivity (Wildman–Crippen MR) is 96.1 cm³/mol. The highest BCUT2D eigenvalue weighted by atomic mass is 35.5. The second-order valence-electron chi connectivity index (χ2n) is 5.83. The quantitative estimate of drug-likeness (QED) is 0.828. The molecule has 0 saturated heterocycles. The van der Waals surface area contributed by atoms with Crippen molar-refractivity contribution < 1.29 is 19.1 Å². The van der Waals surface area contributed by atoms with E-state index >= 15 is 0 Å². The Labute approximate surface area is 152 Å². The van der Waals surface area contributed by atoms with E-state index in [1.165, 1.54) is 7.11 Å². The summed E-state index contributed by atoms with van der Waals surface area (Å²) in [6.45, 7) is 7.40. The summed E-state index contributed by atoms with van der Waals surface area (Å²) >= 11 is 6.51. The summed E-state index contributed by atoms with van der Waals surface area (Å²) in [5.41, 5.74) is 3.50. The van der Waals surface area contributed by atoms with E-state index in [1.807, 2.05) is 25.1 Å². The summed E-state index contributed by atoms with van der Waals surface area (Å²) in [6.07, 6.45) is 0. The summed E-state index contributed by atoms with van der Waals surface area (Å²) in [5.74, 6) is -1.65. The summed E-state index contributed by atoms with van der Waals surface area (Å²) in [6, 6.07) is 5.54. The smallest absolute Gasteiger partial charge is 0.336 e. The third kappa shape index (κ3) is 3.56. The number of allylic oxidation sites excluding steroid dienone is 2. The van der Waals surface area contributed by atoms with Crippen LogP contribution in [-0.2, 0) is 19.1 Å². The third-order valence-electron chi connectivity index (χ3n) is 4.19. The molecule has 0 radical (unpaired) electrons. The number of dihydropyridines is 1. The van der Waals surface area contributed by atoms with E-state index in [9.17, 15) is 9.59 Å². The van der Waals surface area contributed by atoms with Crippen molar-refractivity contribution in [2.45, 2.75) is 33.6 Å². The lowest BCUT2D eigenvalue weighted by Crippen LogP contribution is -2.32. The molecule has 5 nitrogen and oxygen atoms in total. The molecule has 1 N–H and O–H groups in total. The highest BCUT2D eigenvalue weighted by Gasteiger charge is 2.38. The Hall–Kier alpha value is -2.27. The number of benzene rings is 1. The van der Waals surface area contributed by atoms with E-state index < -0.39 is 17.9 Å². The number of carbonyl (C=O) groups is 2. The fourth-order valence-electron chi connectivity index (χ4n) is 3.06. The van der Waals surface area contributed by atoms with Gasteiger partial charge >= 0.3 is 11.9 Å². The minimum Gasteiger partial charge on any atom is -0.466 e. The van der Waals surface area contributed by atoms with Crippen molar-refractivity contribution >= 4 is 23.5 Å². The average Bonchev–Trinajstić information content (AvgIpc) is 2.56. The van der Waals surface area contributed by atoms with Gasteiger partial charge in [0.05, 0.1) is 30.8 Å². The normalized spacial score (nSPS) is 17.3. The lowest BCUT2D eigenvalue weighted by Gasteiger charge is -2.31. The molecule has 0 amide bonds. The highest BCUT2D eigenvalue weighted by Crippen LogP contribution is 2.42. The van der Waals surface area contributed by atoms with Crippen LogP contribution in [0.5, 0.6) is 0 Å². The topological polar surface area (TPSA) is 64.6 Å². The molecule has 1 aromatic rings. The van der Waals surface area contributed by atoms with Gasteiger partial charge in [0, 0.05) is 16.4 Å². The fourth-order valence-corrected chi connectivity index (χ4v) is 3.29. The number of rotatable bonds is 4. The maximum absolute atomic E-state index is 12.6. The first kappa shape index (κ1) is 19.1. The number of ether oxygens (including phenoxy) is 2. The van der Waals surface area contributed by atoms with E-state index in [4.69, 9.17) is 21.1 Å².